The molecule has 21 heavy (non-hydrogen) atoms. The Bertz CT molecular complexity index is 481. The lowest BCUT2D eigenvalue weighted by molar-refractivity contribution is -0.131. The number of hydrogen-bond acceptors (Lipinski definition) is 4. The third-order valence-electron chi connectivity index (χ3n) is 2.52. The standard InChI is InChI=1S/C15H19NO5/c1-20-10-2-9-16-14(17)11-21-13-6-3-12(4-7-13)5-8-15(18)19/h3-8H,2,9-11H2,1H3,(H,16,17)(H,18,19). The molecule has 1 aromatic rings. The molecule has 0 radical (unpaired) electrons. The highest BCUT2D eigenvalue weighted by Crippen LogP contribution is 2.13. The van der Waals surface area contributed by atoms with E-state index in [2.05, 4.69) is 5.32 Å². The van der Waals surface area contributed by atoms with Crippen LogP contribution in [0.1, 0.15) is 12.0 Å². The number of methoxy groups -OCH3 is 1. The van der Waals surface area contributed by atoms with Crippen LogP contribution in [0.3, 0.4) is 0 Å². The molecule has 0 aliphatic carbocycles. The molecule has 0 aliphatic heterocycles. The number of aliphatic carboxylic acids is 1. The van der Waals surface area contributed by atoms with Crippen molar-refractivity contribution in [3.05, 3.63) is 35.9 Å². The van der Waals surface area contributed by atoms with Gasteiger partial charge >= 0.3 is 5.97 Å². The largest absolute Gasteiger partial charge is 0.484 e. The van der Waals surface area contributed by atoms with Crippen molar-refractivity contribution in [2.75, 3.05) is 26.9 Å². The van der Waals surface area contributed by atoms with Gasteiger partial charge in [0.2, 0.25) is 0 Å². The third kappa shape index (κ3) is 7.74. The van der Waals surface area contributed by atoms with Crippen molar-refractivity contribution in [1.82, 2.24) is 5.32 Å². The van der Waals surface area contributed by atoms with E-state index in [4.69, 9.17) is 14.6 Å². The average molecular weight is 293 g/mol. The minimum atomic E-state index is -1.000. The van der Waals surface area contributed by atoms with Crippen molar-refractivity contribution in [3.63, 3.8) is 0 Å². The maximum absolute atomic E-state index is 11.5. The zero-order valence-corrected chi connectivity index (χ0v) is 11.9. The molecule has 0 saturated heterocycles. The fourth-order valence-corrected chi connectivity index (χ4v) is 1.49. The Morgan fingerprint density at radius 3 is 2.62 bits per heavy atom. The maximum Gasteiger partial charge on any atom is 0.328 e. The molecule has 2 N–H and O–H groups in total. The molecular formula is C15H19NO5. The molecule has 1 rings (SSSR count). The van der Waals surface area contributed by atoms with Crippen molar-refractivity contribution in [3.8, 4) is 5.75 Å². The summed E-state index contributed by atoms with van der Waals surface area (Å²) in [6.07, 6.45) is 3.30. The van der Waals surface area contributed by atoms with Crippen LogP contribution in [0.15, 0.2) is 30.3 Å². The predicted molar refractivity (Wildman–Crippen MR) is 78.1 cm³/mol. The van der Waals surface area contributed by atoms with Crippen LogP contribution in [0, 0.1) is 0 Å². The van der Waals surface area contributed by atoms with Gasteiger partial charge in [0.05, 0.1) is 0 Å². The highest BCUT2D eigenvalue weighted by Gasteiger charge is 2.02. The Balaban J connectivity index is 2.32. The van der Waals surface area contributed by atoms with E-state index in [9.17, 15) is 9.59 Å². The van der Waals surface area contributed by atoms with Gasteiger partial charge in [-0.3, -0.25) is 4.79 Å². The van der Waals surface area contributed by atoms with E-state index in [1.54, 1.807) is 31.4 Å². The van der Waals surface area contributed by atoms with E-state index in [0.717, 1.165) is 18.1 Å². The first-order valence-electron chi connectivity index (χ1n) is 6.51. The first-order chi connectivity index (χ1) is 10.1. The molecule has 6 nitrogen and oxygen atoms in total. The van der Waals surface area contributed by atoms with Gasteiger partial charge in [-0.2, -0.15) is 0 Å². The quantitative estimate of drug-likeness (QED) is 0.530. The van der Waals surface area contributed by atoms with E-state index in [0.29, 0.717) is 18.9 Å². The average Bonchev–Trinajstić information content (AvgIpc) is 2.48. The number of carboxylic acids is 1. The zero-order valence-electron chi connectivity index (χ0n) is 11.9. The molecule has 0 spiro atoms. The Labute approximate surface area is 123 Å². The lowest BCUT2D eigenvalue weighted by atomic mass is 10.2. The Hall–Kier alpha value is -2.34. The Morgan fingerprint density at radius 2 is 2.00 bits per heavy atom. The number of carbonyl (C=O) groups excluding carboxylic acids is 1. The van der Waals surface area contributed by atoms with Gasteiger partial charge in [0.15, 0.2) is 6.61 Å². The van der Waals surface area contributed by atoms with Gasteiger partial charge < -0.3 is 19.9 Å². The third-order valence-corrected chi connectivity index (χ3v) is 2.52. The van der Waals surface area contributed by atoms with Crippen LogP contribution in [-0.4, -0.2) is 43.9 Å². The van der Waals surface area contributed by atoms with Gasteiger partial charge in [0, 0.05) is 26.3 Å². The van der Waals surface area contributed by atoms with Crippen LogP contribution in [-0.2, 0) is 14.3 Å². The summed E-state index contributed by atoms with van der Waals surface area (Å²) in [5.74, 6) is -0.643. The first kappa shape index (κ1) is 16.7. The van der Waals surface area contributed by atoms with E-state index >= 15 is 0 Å². The normalized spacial score (nSPS) is 10.5. The van der Waals surface area contributed by atoms with E-state index < -0.39 is 5.97 Å². The van der Waals surface area contributed by atoms with Gasteiger partial charge in [0.1, 0.15) is 5.75 Å². The number of carboxylic acid groups (broad SMARTS) is 1. The number of amides is 1. The van der Waals surface area contributed by atoms with Crippen molar-refractivity contribution < 1.29 is 24.2 Å². The van der Waals surface area contributed by atoms with E-state index in [1.807, 2.05) is 0 Å². The Kier molecular flexibility index (Phi) is 7.60. The summed E-state index contributed by atoms with van der Waals surface area (Å²) < 4.78 is 10.2. The van der Waals surface area contributed by atoms with Crippen molar-refractivity contribution in [2.24, 2.45) is 0 Å². The van der Waals surface area contributed by atoms with Crippen LogP contribution >= 0.6 is 0 Å². The molecule has 0 aromatic heterocycles. The SMILES string of the molecule is COCCCNC(=O)COc1ccc(C=CC(=O)O)cc1. The number of hydrogen-bond donors (Lipinski definition) is 2. The number of rotatable bonds is 9. The van der Waals surface area contributed by atoms with Gasteiger partial charge in [0.25, 0.3) is 5.91 Å². The predicted octanol–water partition coefficient (Wildman–Crippen LogP) is 1.32. The molecule has 0 unspecified atom stereocenters. The van der Waals surface area contributed by atoms with Gasteiger partial charge in [-0.1, -0.05) is 12.1 Å². The van der Waals surface area contributed by atoms with Crippen molar-refractivity contribution >= 4 is 18.0 Å². The summed E-state index contributed by atoms with van der Waals surface area (Å²) >= 11 is 0. The van der Waals surface area contributed by atoms with E-state index in [1.165, 1.54) is 6.08 Å². The molecule has 0 bridgehead atoms. The molecular weight excluding hydrogens is 274 g/mol. The second-order valence-electron chi connectivity index (χ2n) is 4.23. The number of nitrogens with one attached hydrogen (secondary N) is 1. The molecule has 0 heterocycles. The molecule has 114 valence electrons. The Morgan fingerprint density at radius 1 is 1.29 bits per heavy atom. The lowest BCUT2D eigenvalue weighted by Crippen LogP contribution is -2.30. The van der Waals surface area contributed by atoms with Gasteiger partial charge in [-0.05, 0) is 30.2 Å². The summed E-state index contributed by atoms with van der Waals surface area (Å²) in [4.78, 5) is 21.9. The molecule has 0 fully saturated rings. The highest BCUT2D eigenvalue weighted by atomic mass is 16.5. The van der Waals surface area contributed by atoms with Crippen LogP contribution in [0.25, 0.3) is 6.08 Å². The second-order valence-corrected chi connectivity index (χ2v) is 4.23. The molecule has 6 heteroatoms. The minimum absolute atomic E-state index is 0.0582. The maximum atomic E-state index is 11.5. The van der Waals surface area contributed by atoms with Crippen molar-refractivity contribution in [2.45, 2.75) is 6.42 Å². The molecule has 1 amide bonds. The van der Waals surface area contributed by atoms with Crippen LogP contribution in [0.5, 0.6) is 5.75 Å². The van der Waals surface area contributed by atoms with Gasteiger partial charge in [-0.15, -0.1) is 0 Å². The van der Waals surface area contributed by atoms with Crippen molar-refractivity contribution in [1.29, 1.82) is 0 Å². The topological polar surface area (TPSA) is 84.9 Å². The zero-order chi connectivity index (χ0) is 15.5. The molecule has 0 saturated carbocycles. The smallest absolute Gasteiger partial charge is 0.328 e. The fourth-order valence-electron chi connectivity index (χ4n) is 1.49. The van der Waals surface area contributed by atoms with Crippen LogP contribution < -0.4 is 10.1 Å². The summed E-state index contributed by atoms with van der Waals surface area (Å²) in [7, 11) is 1.61. The molecule has 1 aromatic carbocycles. The second kappa shape index (κ2) is 9.55. The summed E-state index contributed by atoms with van der Waals surface area (Å²) in [5.41, 5.74) is 0.744. The number of benzene rings is 1. The first-order valence-corrected chi connectivity index (χ1v) is 6.51. The molecule has 0 atom stereocenters. The minimum Gasteiger partial charge on any atom is -0.484 e. The van der Waals surface area contributed by atoms with Gasteiger partial charge in [-0.25, -0.2) is 4.79 Å². The summed E-state index contributed by atoms with van der Waals surface area (Å²) in [6, 6.07) is 6.79. The summed E-state index contributed by atoms with van der Waals surface area (Å²) in [5, 5.41) is 11.2. The molecule has 0 aliphatic rings. The van der Waals surface area contributed by atoms with Crippen LogP contribution in [0.4, 0.5) is 0 Å². The summed E-state index contributed by atoms with van der Waals surface area (Å²) in [6.45, 7) is 1.10. The van der Waals surface area contributed by atoms with E-state index in [-0.39, 0.29) is 12.5 Å². The fraction of sp³-hybridized carbons (Fsp3) is 0.333. The monoisotopic (exact) mass is 293 g/mol. The highest BCUT2D eigenvalue weighted by molar-refractivity contribution is 5.85. The number of carbonyl (C=O) groups is 2. The number of ether oxygens (including phenoxy) is 2. The van der Waals surface area contributed by atoms with Crippen LogP contribution in [0.2, 0.25) is 0 Å². The lowest BCUT2D eigenvalue weighted by Gasteiger charge is -2.07.